The summed E-state index contributed by atoms with van der Waals surface area (Å²) < 4.78 is 0. The zero-order valence-electron chi connectivity index (χ0n) is 12.7. The lowest BCUT2D eigenvalue weighted by Crippen LogP contribution is -2.59. The van der Waals surface area contributed by atoms with Gasteiger partial charge in [-0.3, -0.25) is 9.59 Å². The minimum Gasteiger partial charge on any atom is -0.338 e. The monoisotopic (exact) mass is 309 g/mol. The molecule has 1 saturated heterocycles. The molecule has 1 aromatic rings. The van der Waals surface area contributed by atoms with E-state index in [9.17, 15) is 9.59 Å². The molecule has 0 unspecified atom stereocenters. The van der Waals surface area contributed by atoms with E-state index in [-0.39, 0.29) is 11.8 Å². The third-order valence-electron chi connectivity index (χ3n) is 4.31. The summed E-state index contributed by atoms with van der Waals surface area (Å²) in [7, 11) is 0. The van der Waals surface area contributed by atoms with Crippen molar-refractivity contribution in [2.24, 2.45) is 5.73 Å². The molecule has 2 N–H and O–H groups in total. The van der Waals surface area contributed by atoms with Crippen LogP contribution < -0.4 is 5.73 Å². The zero-order valence-corrected chi connectivity index (χ0v) is 13.5. The Bertz CT molecular complexity index is 489. The maximum Gasteiger partial charge on any atom is 0.254 e. The molecule has 0 radical (unpaired) electrons. The number of rotatable bonds is 4. The molecule has 0 saturated carbocycles. The van der Waals surface area contributed by atoms with Gasteiger partial charge in [-0.25, -0.2) is 0 Å². The van der Waals surface area contributed by atoms with Gasteiger partial charge in [0.05, 0.1) is 11.1 Å². The minimum absolute atomic E-state index is 0.00938. The van der Waals surface area contributed by atoms with Gasteiger partial charge in [0.25, 0.3) is 5.91 Å². The Balaban J connectivity index is 1.94. The van der Waals surface area contributed by atoms with E-state index in [0.717, 1.165) is 5.56 Å². The molecule has 21 heavy (non-hydrogen) atoms. The Labute approximate surface area is 129 Å². The van der Waals surface area contributed by atoms with Gasteiger partial charge in [-0.05, 0) is 24.3 Å². The van der Waals surface area contributed by atoms with E-state index in [2.05, 4.69) is 0 Å². The van der Waals surface area contributed by atoms with Gasteiger partial charge in [0.2, 0.25) is 5.91 Å². The number of nitrogens with zero attached hydrogens (tertiary/aromatic N) is 2. The zero-order chi connectivity index (χ0) is 15.5. The first kappa shape index (κ1) is 16.0. The van der Waals surface area contributed by atoms with E-state index in [1.165, 1.54) is 11.3 Å². The molecule has 1 aromatic heterocycles. The molecule has 1 aliphatic heterocycles. The van der Waals surface area contributed by atoms with Crippen LogP contribution in [0.3, 0.4) is 0 Å². The van der Waals surface area contributed by atoms with Crippen LogP contribution in [0.15, 0.2) is 16.8 Å². The van der Waals surface area contributed by atoms with Crippen molar-refractivity contribution in [3.63, 3.8) is 0 Å². The highest BCUT2D eigenvalue weighted by Crippen LogP contribution is 2.18. The Morgan fingerprint density at radius 3 is 2.24 bits per heavy atom. The number of hydrogen-bond acceptors (Lipinski definition) is 4. The maximum absolute atomic E-state index is 12.5. The van der Waals surface area contributed by atoms with E-state index in [1.54, 1.807) is 4.90 Å². The van der Waals surface area contributed by atoms with Crippen LogP contribution in [-0.4, -0.2) is 53.3 Å². The van der Waals surface area contributed by atoms with Crippen molar-refractivity contribution in [2.75, 3.05) is 26.2 Å². The molecule has 2 amide bonds. The van der Waals surface area contributed by atoms with E-state index in [1.807, 2.05) is 35.6 Å². The summed E-state index contributed by atoms with van der Waals surface area (Å²) in [6.45, 7) is 6.16. The van der Waals surface area contributed by atoms with Crippen LogP contribution in [-0.2, 0) is 4.79 Å². The Morgan fingerprint density at radius 1 is 1.19 bits per heavy atom. The fourth-order valence-electron chi connectivity index (χ4n) is 2.55. The summed E-state index contributed by atoms with van der Waals surface area (Å²) in [6, 6.07) is 1.84. The average molecular weight is 309 g/mol. The van der Waals surface area contributed by atoms with Gasteiger partial charge in [-0.1, -0.05) is 13.8 Å². The summed E-state index contributed by atoms with van der Waals surface area (Å²) in [4.78, 5) is 28.3. The van der Waals surface area contributed by atoms with Gasteiger partial charge in [-0.15, -0.1) is 0 Å². The van der Waals surface area contributed by atoms with Gasteiger partial charge < -0.3 is 15.5 Å². The molecular weight excluding hydrogens is 286 g/mol. The largest absolute Gasteiger partial charge is 0.338 e. The van der Waals surface area contributed by atoms with Gasteiger partial charge in [-0.2, -0.15) is 11.3 Å². The standard InChI is InChI=1S/C15H23N3O2S/c1-3-15(16,4-2)14(20)18-8-6-17(7-9-18)13(19)12-5-10-21-11-12/h5,10-11H,3-4,6-9,16H2,1-2H3. The summed E-state index contributed by atoms with van der Waals surface area (Å²) in [6.07, 6.45) is 1.27. The maximum atomic E-state index is 12.5. The highest BCUT2D eigenvalue weighted by molar-refractivity contribution is 7.08. The van der Waals surface area contributed by atoms with Gasteiger partial charge >= 0.3 is 0 Å². The van der Waals surface area contributed by atoms with Gasteiger partial charge in [0.15, 0.2) is 0 Å². The van der Waals surface area contributed by atoms with Crippen molar-refractivity contribution in [3.05, 3.63) is 22.4 Å². The van der Waals surface area contributed by atoms with Crippen LogP contribution in [0.25, 0.3) is 0 Å². The van der Waals surface area contributed by atoms with Crippen LogP contribution in [0, 0.1) is 0 Å². The molecule has 116 valence electrons. The van der Waals surface area contributed by atoms with Crippen LogP contribution in [0.4, 0.5) is 0 Å². The number of piperazine rings is 1. The molecule has 0 bridgehead atoms. The number of carbonyl (C=O) groups is 2. The van der Waals surface area contributed by atoms with Crippen molar-refractivity contribution in [2.45, 2.75) is 32.2 Å². The molecule has 0 atom stereocenters. The highest BCUT2D eigenvalue weighted by Gasteiger charge is 2.35. The SMILES string of the molecule is CCC(N)(CC)C(=O)N1CCN(C(=O)c2ccsc2)CC1. The predicted molar refractivity (Wildman–Crippen MR) is 84.3 cm³/mol. The number of nitrogens with two attached hydrogens (primary N) is 1. The van der Waals surface area contributed by atoms with E-state index < -0.39 is 5.54 Å². The fourth-order valence-corrected chi connectivity index (χ4v) is 3.18. The van der Waals surface area contributed by atoms with Crippen LogP contribution >= 0.6 is 11.3 Å². The molecule has 0 aromatic carbocycles. The van der Waals surface area contributed by atoms with Crippen molar-refractivity contribution >= 4 is 23.2 Å². The van der Waals surface area contributed by atoms with Gasteiger partial charge in [0.1, 0.15) is 0 Å². The van der Waals surface area contributed by atoms with Crippen molar-refractivity contribution < 1.29 is 9.59 Å². The first-order valence-electron chi connectivity index (χ1n) is 7.41. The molecule has 0 aliphatic carbocycles. The highest BCUT2D eigenvalue weighted by atomic mass is 32.1. The Hall–Kier alpha value is -1.40. The van der Waals surface area contributed by atoms with Crippen molar-refractivity contribution in [3.8, 4) is 0 Å². The summed E-state index contributed by atoms with van der Waals surface area (Å²) in [5.74, 6) is 0.0588. The van der Waals surface area contributed by atoms with Crippen LogP contribution in [0.5, 0.6) is 0 Å². The number of amides is 2. The topological polar surface area (TPSA) is 66.6 Å². The van der Waals surface area contributed by atoms with E-state index in [4.69, 9.17) is 5.73 Å². The predicted octanol–water partition coefficient (Wildman–Crippen LogP) is 1.55. The third kappa shape index (κ3) is 3.27. The molecule has 0 spiro atoms. The molecule has 2 rings (SSSR count). The number of carbonyl (C=O) groups excluding carboxylic acids is 2. The van der Waals surface area contributed by atoms with Crippen LogP contribution in [0.1, 0.15) is 37.0 Å². The van der Waals surface area contributed by atoms with Crippen molar-refractivity contribution in [1.29, 1.82) is 0 Å². The quantitative estimate of drug-likeness (QED) is 0.917. The van der Waals surface area contributed by atoms with Gasteiger partial charge in [0, 0.05) is 31.6 Å². The molecule has 6 heteroatoms. The smallest absolute Gasteiger partial charge is 0.254 e. The summed E-state index contributed by atoms with van der Waals surface area (Å²) >= 11 is 1.52. The third-order valence-corrected chi connectivity index (χ3v) is 4.99. The molecule has 1 aliphatic rings. The average Bonchev–Trinajstić information content (AvgIpc) is 3.07. The second kappa shape index (κ2) is 6.58. The fraction of sp³-hybridized carbons (Fsp3) is 0.600. The van der Waals surface area contributed by atoms with Crippen molar-refractivity contribution in [1.82, 2.24) is 9.80 Å². The normalized spacial score (nSPS) is 16.1. The summed E-state index contributed by atoms with van der Waals surface area (Å²) in [5, 5.41) is 3.76. The Morgan fingerprint density at radius 2 is 1.76 bits per heavy atom. The lowest BCUT2D eigenvalue weighted by Gasteiger charge is -2.39. The lowest BCUT2D eigenvalue weighted by atomic mass is 9.92. The lowest BCUT2D eigenvalue weighted by molar-refractivity contribution is -0.138. The second-order valence-corrected chi connectivity index (χ2v) is 6.24. The molecular formula is C15H23N3O2S. The molecule has 5 nitrogen and oxygen atoms in total. The van der Waals surface area contributed by atoms with E-state index in [0.29, 0.717) is 39.0 Å². The first-order valence-corrected chi connectivity index (χ1v) is 8.36. The van der Waals surface area contributed by atoms with Crippen LogP contribution in [0.2, 0.25) is 0 Å². The van der Waals surface area contributed by atoms with E-state index >= 15 is 0 Å². The number of hydrogen-bond donors (Lipinski definition) is 1. The molecule has 2 heterocycles. The first-order chi connectivity index (χ1) is 10.0. The second-order valence-electron chi connectivity index (χ2n) is 5.46. The summed E-state index contributed by atoms with van der Waals surface area (Å²) in [5.41, 5.74) is 6.14. The number of thiophene rings is 1. The minimum atomic E-state index is -0.764. The Kier molecular flexibility index (Phi) is 5.00. The molecule has 1 fully saturated rings.